The molecule has 18 heavy (non-hydrogen) atoms. The molecule has 1 heterocycles. The first kappa shape index (κ1) is 12.7. The van der Waals surface area contributed by atoms with Crippen molar-refractivity contribution in [3.8, 4) is 11.5 Å². The molecule has 0 saturated carbocycles. The molecule has 1 amide bonds. The summed E-state index contributed by atoms with van der Waals surface area (Å²) in [5.41, 5.74) is 0.871. The Balaban J connectivity index is 1.86. The van der Waals surface area contributed by atoms with E-state index >= 15 is 0 Å². The van der Waals surface area contributed by atoms with Crippen LogP contribution in [0.3, 0.4) is 0 Å². The molecular formula is C14H19NO3. The van der Waals surface area contributed by atoms with Gasteiger partial charge in [-0.15, -0.1) is 0 Å². The van der Waals surface area contributed by atoms with E-state index in [1.165, 1.54) is 18.6 Å². The number of aromatic hydroxyl groups is 2. The fourth-order valence-electron chi connectivity index (χ4n) is 2.28. The molecule has 1 saturated heterocycles. The van der Waals surface area contributed by atoms with Gasteiger partial charge in [0.15, 0.2) is 11.5 Å². The summed E-state index contributed by atoms with van der Waals surface area (Å²) in [7, 11) is 0. The molecule has 1 fully saturated rings. The third-order valence-electron chi connectivity index (χ3n) is 3.38. The summed E-state index contributed by atoms with van der Waals surface area (Å²) in [6.45, 7) is 1.75. The minimum absolute atomic E-state index is 0.124. The van der Waals surface area contributed by atoms with Crippen molar-refractivity contribution in [3.63, 3.8) is 0 Å². The zero-order chi connectivity index (χ0) is 13.0. The summed E-state index contributed by atoms with van der Waals surface area (Å²) in [6.07, 6.45) is 4.49. The second-order valence-corrected chi connectivity index (χ2v) is 4.76. The molecule has 0 aromatic heterocycles. The molecule has 1 aromatic rings. The Morgan fingerprint density at radius 2 is 1.83 bits per heavy atom. The van der Waals surface area contributed by atoms with E-state index in [9.17, 15) is 15.0 Å². The van der Waals surface area contributed by atoms with E-state index in [0.29, 0.717) is 12.8 Å². The molecule has 4 nitrogen and oxygen atoms in total. The quantitative estimate of drug-likeness (QED) is 0.806. The van der Waals surface area contributed by atoms with Gasteiger partial charge in [0.1, 0.15) is 0 Å². The lowest BCUT2D eigenvalue weighted by molar-refractivity contribution is -0.132. The van der Waals surface area contributed by atoms with E-state index in [1.807, 2.05) is 4.90 Å². The Hall–Kier alpha value is -1.71. The van der Waals surface area contributed by atoms with Gasteiger partial charge in [0.05, 0.1) is 0 Å². The van der Waals surface area contributed by atoms with Gasteiger partial charge in [0.2, 0.25) is 5.91 Å². The predicted octanol–water partition coefficient (Wildman–Crippen LogP) is 2.04. The average Bonchev–Trinajstić information content (AvgIpc) is 2.41. The SMILES string of the molecule is O=C(CCc1ccc(O)c(O)c1)N1CCCCC1. The monoisotopic (exact) mass is 249 g/mol. The highest BCUT2D eigenvalue weighted by atomic mass is 16.3. The standard InChI is InChI=1S/C14H19NO3/c16-12-6-4-11(10-13(12)17)5-7-14(18)15-8-2-1-3-9-15/h4,6,10,16-17H,1-3,5,7-9H2. The Labute approximate surface area is 107 Å². The number of amides is 1. The topological polar surface area (TPSA) is 60.8 Å². The Kier molecular flexibility index (Phi) is 4.07. The summed E-state index contributed by atoms with van der Waals surface area (Å²) in [6, 6.07) is 4.70. The highest BCUT2D eigenvalue weighted by Crippen LogP contribution is 2.25. The van der Waals surface area contributed by atoms with Crippen LogP contribution in [0, 0.1) is 0 Å². The first-order valence-electron chi connectivity index (χ1n) is 6.45. The van der Waals surface area contributed by atoms with Crippen LogP contribution in [0.4, 0.5) is 0 Å². The first-order chi connectivity index (χ1) is 8.66. The van der Waals surface area contributed by atoms with E-state index in [2.05, 4.69) is 0 Å². The van der Waals surface area contributed by atoms with Crippen LogP contribution in [0.25, 0.3) is 0 Å². The van der Waals surface area contributed by atoms with Crippen LogP contribution in [0.15, 0.2) is 18.2 Å². The average molecular weight is 249 g/mol. The number of hydrogen-bond acceptors (Lipinski definition) is 3. The van der Waals surface area contributed by atoms with Gasteiger partial charge in [-0.2, -0.15) is 0 Å². The van der Waals surface area contributed by atoms with Gasteiger partial charge < -0.3 is 15.1 Å². The highest BCUT2D eigenvalue weighted by molar-refractivity contribution is 5.76. The van der Waals surface area contributed by atoms with Gasteiger partial charge in [-0.05, 0) is 43.4 Å². The van der Waals surface area contributed by atoms with Crippen LogP contribution in [-0.2, 0) is 11.2 Å². The zero-order valence-corrected chi connectivity index (χ0v) is 10.4. The molecule has 98 valence electrons. The lowest BCUT2D eigenvalue weighted by atomic mass is 10.1. The number of carbonyl (C=O) groups excluding carboxylic acids is 1. The van der Waals surface area contributed by atoms with Crippen LogP contribution in [0.2, 0.25) is 0 Å². The summed E-state index contributed by atoms with van der Waals surface area (Å²) in [5, 5.41) is 18.6. The number of rotatable bonds is 3. The van der Waals surface area contributed by atoms with Crippen molar-refractivity contribution in [2.24, 2.45) is 0 Å². The second-order valence-electron chi connectivity index (χ2n) is 4.76. The lowest BCUT2D eigenvalue weighted by Gasteiger charge is -2.26. The number of aryl methyl sites for hydroxylation is 1. The molecule has 4 heteroatoms. The number of phenolic OH excluding ortho intramolecular Hbond substituents is 2. The fourth-order valence-corrected chi connectivity index (χ4v) is 2.28. The van der Waals surface area contributed by atoms with Crippen LogP contribution < -0.4 is 0 Å². The van der Waals surface area contributed by atoms with E-state index in [-0.39, 0.29) is 17.4 Å². The Bertz CT molecular complexity index is 425. The maximum Gasteiger partial charge on any atom is 0.222 e. The van der Waals surface area contributed by atoms with Crippen molar-refractivity contribution in [2.75, 3.05) is 13.1 Å². The van der Waals surface area contributed by atoms with Crippen LogP contribution in [0.5, 0.6) is 11.5 Å². The lowest BCUT2D eigenvalue weighted by Crippen LogP contribution is -2.35. The maximum absolute atomic E-state index is 11.9. The molecule has 2 rings (SSSR count). The van der Waals surface area contributed by atoms with E-state index in [4.69, 9.17) is 0 Å². The van der Waals surface area contributed by atoms with Crippen molar-refractivity contribution in [2.45, 2.75) is 32.1 Å². The van der Waals surface area contributed by atoms with Crippen molar-refractivity contribution >= 4 is 5.91 Å². The number of piperidine rings is 1. The van der Waals surface area contributed by atoms with E-state index in [1.54, 1.807) is 6.07 Å². The molecule has 0 unspecified atom stereocenters. The van der Waals surface area contributed by atoms with Crippen LogP contribution in [-0.4, -0.2) is 34.1 Å². The van der Waals surface area contributed by atoms with E-state index in [0.717, 1.165) is 31.5 Å². The third-order valence-corrected chi connectivity index (χ3v) is 3.38. The molecule has 1 aliphatic heterocycles. The molecular weight excluding hydrogens is 230 g/mol. The first-order valence-corrected chi connectivity index (χ1v) is 6.45. The summed E-state index contributed by atoms with van der Waals surface area (Å²) >= 11 is 0. The minimum Gasteiger partial charge on any atom is -0.504 e. The maximum atomic E-state index is 11.9. The number of hydrogen-bond donors (Lipinski definition) is 2. The minimum atomic E-state index is -0.127. The molecule has 0 radical (unpaired) electrons. The molecule has 0 atom stereocenters. The number of phenols is 2. The van der Waals surface area contributed by atoms with E-state index < -0.39 is 0 Å². The summed E-state index contributed by atoms with van der Waals surface area (Å²) in [5.74, 6) is -0.0682. The van der Waals surface area contributed by atoms with Gasteiger partial charge in [-0.25, -0.2) is 0 Å². The predicted molar refractivity (Wildman–Crippen MR) is 68.5 cm³/mol. The third kappa shape index (κ3) is 3.15. The largest absolute Gasteiger partial charge is 0.504 e. The van der Waals surface area contributed by atoms with Crippen LogP contribution in [0.1, 0.15) is 31.2 Å². The zero-order valence-electron chi connectivity index (χ0n) is 10.4. The number of likely N-dealkylation sites (tertiary alicyclic amines) is 1. The normalized spacial score (nSPS) is 15.7. The molecule has 0 bridgehead atoms. The summed E-state index contributed by atoms with van der Waals surface area (Å²) < 4.78 is 0. The molecule has 0 aliphatic carbocycles. The van der Waals surface area contributed by atoms with Crippen molar-refractivity contribution in [1.29, 1.82) is 0 Å². The second kappa shape index (κ2) is 5.76. The van der Waals surface area contributed by atoms with Crippen molar-refractivity contribution in [1.82, 2.24) is 4.90 Å². The van der Waals surface area contributed by atoms with Crippen LogP contribution >= 0.6 is 0 Å². The number of benzene rings is 1. The Morgan fingerprint density at radius 1 is 1.11 bits per heavy atom. The number of carbonyl (C=O) groups is 1. The molecule has 0 spiro atoms. The number of nitrogens with zero attached hydrogens (tertiary/aromatic N) is 1. The highest BCUT2D eigenvalue weighted by Gasteiger charge is 2.16. The summed E-state index contributed by atoms with van der Waals surface area (Å²) in [4.78, 5) is 13.9. The molecule has 1 aromatic carbocycles. The van der Waals surface area contributed by atoms with Gasteiger partial charge in [0, 0.05) is 19.5 Å². The van der Waals surface area contributed by atoms with Crippen molar-refractivity contribution < 1.29 is 15.0 Å². The van der Waals surface area contributed by atoms with Gasteiger partial charge in [-0.3, -0.25) is 4.79 Å². The molecule has 1 aliphatic rings. The van der Waals surface area contributed by atoms with Gasteiger partial charge >= 0.3 is 0 Å². The Morgan fingerprint density at radius 3 is 2.50 bits per heavy atom. The van der Waals surface area contributed by atoms with Crippen molar-refractivity contribution in [3.05, 3.63) is 23.8 Å². The van der Waals surface area contributed by atoms with Gasteiger partial charge in [-0.1, -0.05) is 6.07 Å². The molecule has 2 N–H and O–H groups in total. The van der Waals surface area contributed by atoms with Gasteiger partial charge in [0.25, 0.3) is 0 Å². The fraction of sp³-hybridized carbons (Fsp3) is 0.500. The smallest absolute Gasteiger partial charge is 0.222 e.